The van der Waals surface area contributed by atoms with Crippen LogP contribution in [-0.2, 0) is 0 Å². The van der Waals surface area contributed by atoms with Crippen molar-refractivity contribution in [1.29, 1.82) is 0 Å². The Morgan fingerprint density at radius 3 is 1.34 bits per heavy atom. The molecule has 4 aromatic carbocycles. The molecule has 168 valence electrons. The number of nitrogens with zero attached hydrogens (tertiary/aromatic N) is 3. The van der Waals surface area contributed by atoms with Gasteiger partial charge in [-0.15, -0.1) is 0 Å². The summed E-state index contributed by atoms with van der Waals surface area (Å²) >= 11 is 0. The topological polar surface area (TPSA) is 22.8 Å². The first kappa shape index (κ1) is 20.0. The zero-order valence-corrected chi connectivity index (χ0v) is 20.1. The van der Waals surface area contributed by atoms with Gasteiger partial charge in [-0.2, -0.15) is 0 Å². The number of rotatable bonds is 2. The van der Waals surface area contributed by atoms with Gasteiger partial charge >= 0.3 is 0 Å². The predicted molar refractivity (Wildman–Crippen MR) is 147 cm³/mol. The Balaban J connectivity index is 1.57. The second-order valence-corrected chi connectivity index (χ2v) is 9.61. The molecule has 0 bridgehead atoms. The lowest BCUT2D eigenvalue weighted by molar-refractivity contribution is 1.00. The molecule has 35 heavy (non-hydrogen) atoms. The van der Waals surface area contributed by atoms with Crippen molar-refractivity contribution in [3.05, 3.63) is 114 Å². The largest absolute Gasteiger partial charge is 0.294 e. The molecule has 0 fully saturated rings. The molecule has 3 nitrogen and oxygen atoms in total. The summed E-state index contributed by atoms with van der Waals surface area (Å²) in [4.78, 5) is 5.29. The molecule has 0 spiro atoms. The second kappa shape index (κ2) is 7.31. The van der Waals surface area contributed by atoms with E-state index in [-0.39, 0.29) is 0 Å². The Hall–Kier alpha value is -4.37. The van der Waals surface area contributed by atoms with Crippen LogP contribution in [0.1, 0.15) is 16.7 Å². The summed E-state index contributed by atoms with van der Waals surface area (Å²) in [5, 5.41) is 5.03. The summed E-state index contributed by atoms with van der Waals surface area (Å²) in [5.74, 6) is 1.88. The van der Waals surface area contributed by atoms with Crippen LogP contribution in [0.4, 0.5) is 0 Å². The summed E-state index contributed by atoms with van der Waals surface area (Å²) < 4.78 is 4.61. The third-order valence-electron chi connectivity index (χ3n) is 7.06. The quantitative estimate of drug-likeness (QED) is 0.260. The highest BCUT2D eigenvalue weighted by Gasteiger charge is 2.17. The summed E-state index contributed by atoms with van der Waals surface area (Å²) in [5.41, 5.74) is 8.42. The fraction of sp³-hybridized carbons (Fsp3) is 0.0938. The Morgan fingerprint density at radius 2 is 0.857 bits per heavy atom. The molecular weight excluding hydrogens is 426 g/mol. The van der Waals surface area contributed by atoms with Crippen molar-refractivity contribution in [3.63, 3.8) is 0 Å². The van der Waals surface area contributed by atoms with Crippen molar-refractivity contribution >= 4 is 43.6 Å². The van der Waals surface area contributed by atoms with Crippen molar-refractivity contribution in [2.45, 2.75) is 20.8 Å². The third-order valence-corrected chi connectivity index (χ3v) is 7.06. The Kier molecular flexibility index (Phi) is 4.19. The van der Waals surface area contributed by atoms with Gasteiger partial charge in [0.25, 0.3) is 0 Å². The smallest absolute Gasteiger partial charge is 0.140 e. The Morgan fingerprint density at radius 1 is 0.429 bits per heavy atom. The minimum Gasteiger partial charge on any atom is -0.294 e. The van der Waals surface area contributed by atoms with Crippen LogP contribution in [0.3, 0.4) is 0 Å². The lowest BCUT2D eigenvalue weighted by Crippen LogP contribution is -2.04. The van der Waals surface area contributed by atoms with E-state index in [9.17, 15) is 0 Å². The molecule has 7 rings (SSSR count). The van der Waals surface area contributed by atoms with E-state index in [1.165, 1.54) is 60.3 Å². The van der Waals surface area contributed by atoms with Gasteiger partial charge in [0.05, 0.1) is 22.1 Å². The molecule has 0 amide bonds. The van der Waals surface area contributed by atoms with E-state index >= 15 is 0 Å². The molecule has 0 unspecified atom stereocenters. The zero-order chi connectivity index (χ0) is 23.7. The van der Waals surface area contributed by atoms with E-state index in [4.69, 9.17) is 4.98 Å². The van der Waals surface area contributed by atoms with Gasteiger partial charge in [-0.05, 0) is 74.9 Å². The van der Waals surface area contributed by atoms with E-state index in [1.54, 1.807) is 0 Å². The fourth-order valence-corrected chi connectivity index (χ4v) is 5.53. The molecule has 0 aliphatic carbocycles. The van der Waals surface area contributed by atoms with Crippen molar-refractivity contribution in [2.24, 2.45) is 0 Å². The zero-order valence-electron chi connectivity index (χ0n) is 20.1. The second-order valence-electron chi connectivity index (χ2n) is 9.61. The molecule has 0 saturated heterocycles. The highest BCUT2D eigenvalue weighted by Crippen LogP contribution is 2.35. The summed E-state index contributed by atoms with van der Waals surface area (Å²) in [6.45, 7) is 6.46. The molecule has 0 saturated carbocycles. The van der Waals surface area contributed by atoms with E-state index < -0.39 is 0 Å². The number of fused-ring (bicyclic) bond motifs is 6. The van der Waals surface area contributed by atoms with Crippen molar-refractivity contribution in [3.8, 4) is 11.6 Å². The van der Waals surface area contributed by atoms with Crippen molar-refractivity contribution in [2.75, 3.05) is 0 Å². The van der Waals surface area contributed by atoms with Crippen LogP contribution < -0.4 is 0 Å². The molecule has 0 radical (unpaired) electrons. The summed E-state index contributed by atoms with van der Waals surface area (Å²) in [6.07, 6.45) is 0. The fourth-order valence-electron chi connectivity index (χ4n) is 5.53. The minimum atomic E-state index is 0.938. The average molecular weight is 452 g/mol. The van der Waals surface area contributed by atoms with Crippen LogP contribution in [0.25, 0.3) is 55.2 Å². The molecule has 3 aromatic heterocycles. The van der Waals surface area contributed by atoms with Crippen LogP contribution in [0.2, 0.25) is 0 Å². The molecular formula is C32H25N3. The highest BCUT2D eigenvalue weighted by atomic mass is 15.1. The van der Waals surface area contributed by atoms with Crippen LogP contribution in [0.5, 0.6) is 0 Å². The average Bonchev–Trinajstić information content (AvgIpc) is 3.36. The van der Waals surface area contributed by atoms with E-state index in [1.807, 2.05) is 0 Å². The normalized spacial score (nSPS) is 11.9. The van der Waals surface area contributed by atoms with Gasteiger partial charge in [0.1, 0.15) is 11.6 Å². The maximum absolute atomic E-state index is 5.29. The number of hydrogen-bond donors (Lipinski definition) is 0. The summed E-state index contributed by atoms with van der Waals surface area (Å²) in [6, 6.07) is 35.0. The van der Waals surface area contributed by atoms with Gasteiger partial charge in [-0.1, -0.05) is 59.7 Å². The summed E-state index contributed by atoms with van der Waals surface area (Å²) in [7, 11) is 0. The third kappa shape index (κ3) is 2.95. The molecule has 0 atom stereocenters. The highest BCUT2D eigenvalue weighted by molar-refractivity contribution is 6.10. The van der Waals surface area contributed by atoms with E-state index in [2.05, 4.69) is 127 Å². The standard InChI is InChI=1S/C32H25N3/c1-20-12-14-29-25(16-20)23-8-4-6-10-27(23)34(29)31-18-22(3)19-32(33-31)35-28-11-7-5-9-24(28)26-17-21(2)13-15-30(26)35/h4-19H,1-3H3. The monoisotopic (exact) mass is 451 g/mol. The Labute approximate surface area is 203 Å². The van der Waals surface area contributed by atoms with Gasteiger partial charge in [0.2, 0.25) is 0 Å². The van der Waals surface area contributed by atoms with Crippen LogP contribution in [0.15, 0.2) is 97.1 Å². The molecule has 3 heterocycles. The van der Waals surface area contributed by atoms with Gasteiger partial charge in [-0.3, -0.25) is 9.13 Å². The number of aryl methyl sites for hydroxylation is 3. The number of aromatic nitrogens is 3. The first-order valence-corrected chi connectivity index (χ1v) is 12.1. The SMILES string of the molecule is Cc1cc(-n2c3ccccc3c3cc(C)ccc32)nc(-n2c3ccccc3c3cc(C)ccc32)c1. The van der Waals surface area contributed by atoms with Gasteiger partial charge in [0.15, 0.2) is 0 Å². The first-order chi connectivity index (χ1) is 17.1. The number of para-hydroxylation sites is 2. The first-order valence-electron chi connectivity index (χ1n) is 12.1. The van der Waals surface area contributed by atoms with Gasteiger partial charge < -0.3 is 0 Å². The Bertz CT molecular complexity index is 1800. The van der Waals surface area contributed by atoms with E-state index in [0.717, 1.165) is 11.6 Å². The number of hydrogen-bond acceptors (Lipinski definition) is 1. The van der Waals surface area contributed by atoms with Crippen LogP contribution in [0, 0.1) is 20.8 Å². The molecule has 0 N–H and O–H groups in total. The van der Waals surface area contributed by atoms with E-state index in [0.29, 0.717) is 0 Å². The maximum Gasteiger partial charge on any atom is 0.140 e. The van der Waals surface area contributed by atoms with Crippen molar-refractivity contribution in [1.82, 2.24) is 14.1 Å². The van der Waals surface area contributed by atoms with Crippen molar-refractivity contribution < 1.29 is 0 Å². The molecule has 3 heteroatoms. The minimum absolute atomic E-state index is 0.938. The van der Waals surface area contributed by atoms with Crippen LogP contribution >= 0.6 is 0 Å². The maximum atomic E-state index is 5.29. The predicted octanol–water partition coefficient (Wildman–Crippen LogP) is 8.20. The number of pyridine rings is 1. The number of benzene rings is 4. The molecule has 7 aromatic rings. The van der Waals surface area contributed by atoms with Crippen LogP contribution in [-0.4, -0.2) is 14.1 Å². The van der Waals surface area contributed by atoms with Gasteiger partial charge in [-0.25, -0.2) is 4.98 Å². The van der Waals surface area contributed by atoms with Gasteiger partial charge in [0, 0.05) is 21.5 Å². The molecule has 0 aliphatic rings. The lowest BCUT2D eigenvalue weighted by Gasteiger charge is -2.13. The lowest BCUT2D eigenvalue weighted by atomic mass is 10.1. The molecule has 0 aliphatic heterocycles.